The van der Waals surface area contributed by atoms with Gasteiger partial charge in [0.2, 0.25) is 0 Å². The van der Waals surface area contributed by atoms with E-state index in [-0.39, 0.29) is 5.78 Å². The number of halogens is 2. The number of hydrogen-bond acceptors (Lipinski definition) is 3. The molecule has 2 N–H and O–H groups in total. The molecule has 5 heteroatoms. The number of aryl methyl sites for hydroxylation is 2. The van der Waals surface area contributed by atoms with Crippen molar-refractivity contribution in [3.05, 3.63) is 125 Å². The van der Waals surface area contributed by atoms with Crippen LogP contribution in [0.25, 0.3) is 5.70 Å². The van der Waals surface area contributed by atoms with E-state index in [4.69, 9.17) is 0 Å². The lowest BCUT2D eigenvalue weighted by Crippen LogP contribution is -2.21. The van der Waals surface area contributed by atoms with Crippen LogP contribution in [0, 0.1) is 11.6 Å². The molecule has 0 bridgehead atoms. The molecular weight excluding hydrogens is 418 g/mol. The fraction of sp³-hybridized carbons (Fsp3) is 0.179. The molecule has 170 valence electrons. The van der Waals surface area contributed by atoms with Gasteiger partial charge in [-0.1, -0.05) is 62.6 Å². The van der Waals surface area contributed by atoms with Crippen LogP contribution < -0.4 is 10.9 Å². The van der Waals surface area contributed by atoms with E-state index < -0.39 is 11.6 Å². The average Bonchev–Trinajstić information content (AvgIpc) is 3.26. The van der Waals surface area contributed by atoms with E-state index >= 15 is 0 Å². The summed E-state index contributed by atoms with van der Waals surface area (Å²) in [5, 5.41) is 0. The third kappa shape index (κ3) is 6.62. The molecule has 0 spiro atoms. The maximum atomic E-state index is 12.4. The van der Waals surface area contributed by atoms with Crippen LogP contribution in [0.1, 0.15) is 36.5 Å². The molecule has 2 aliphatic rings. The van der Waals surface area contributed by atoms with Gasteiger partial charge in [0, 0.05) is 17.7 Å². The van der Waals surface area contributed by atoms with E-state index in [0.29, 0.717) is 6.42 Å². The number of carbonyl (C=O) groups is 1. The molecule has 0 fully saturated rings. The van der Waals surface area contributed by atoms with Gasteiger partial charge in [-0.2, -0.15) is 0 Å². The molecule has 0 aromatic heterocycles. The van der Waals surface area contributed by atoms with Gasteiger partial charge in [-0.15, -0.1) is 0 Å². The Kier molecular flexibility index (Phi) is 8.14. The minimum Gasteiger partial charge on any atom is -0.301 e. The molecule has 1 aliphatic carbocycles. The zero-order valence-corrected chi connectivity index (χ0v) is 18.8. The summed E-state index contributed by atoms with van der Waals surface area (Å²) in [4.78, 5) is 11.9. The van der Waals surface area contributed by atoms with Gasteiger partial charge in [0.15, 0.2) is 17.4 Å². The number of nitrogens with one attached hydrogen (secondary N) is 2. The summed E-state index contributed by atoms with van der Waals surface area (Å²) in [7, 11) is 0. The molecule has 3 nitrogen and oxygen atoms in total. The number of hydrazine groups is 1. The molecule has 0 saturated heterocycles. The van der Waals surface area contributed by atoms with Crippen LogP contribution in [-0.4, -0.2) is 5.78 Å². The van der Waals surface area contributed by atoms with Crippen molar-refractivity contribution in [3.63, 3.8) is 0 Å². The predicted molar refractivity (Wildman–Crippen MR) is 130 cm³/mol. The van der Waals surface area contributed by atoms with E-state index in [9.17, 15) is 13.6 Å². The van der Waals surface area contributed by atoms with Gasteiger partial charge >= 0.3 is 0 Å². The summed E-state index contributed by atoms with van der Waals surface area (Å²) in [5.74, 6) is -1.38. The van der Waals surface area contributed by atoms with Crippen LogP contribution in [0.15, 0.2) is 96.8 Å². The number of rotatable bonds is 6. The largest absolute Gasteiger partial charge is 0.301 e. The van der Waals surface area contributed by atoms with E-state index in [1.165, 1.54) is 11.6 Å². The Morgan fingerprint density at radius 3 is 2.55 bits per heavy atom. The lowest BCUT2D eigenvalue weighted by molar-refractivity contribution is -0.114. The molecule has 33 heavy (non-hydrogen) atoms. The Morgan fingerprint density at radius 1 is 1.06 bits per heavy atom. The number of allylic oxidation sites excluding steroid dienone is 6. The highest BCUT2D eigenvalue weighted by Gasteiger charge is 2.14. The van der Waals surface area contributed by atoms with E-state index in [1.54, 1.807) is 6.07 Å². The summed E-state index contributed by atoms with van der Waals surface area (Å²) in [6.45, 7) is 9.85. The van der Waals surface area contributed by atoms with Crippen molar-refractivity contribution in [1.82, 2.24) is 10.9 Å². The van der Waals surface area contributed by atoms with Crippen molar-refractivity contribution < 1.29 is 13.6 Å². The first kappa shape index (κ1) is 23.9. The third-order valence-electron chi connectivity index (χ3n) is 5.41. The van der Waals surface area contributed by atoms with Crippen molar-refractivity contribution in [2.75, 3.05) is 0 Å². The first-order chi connectivity index (χ1) is 15.9. The first-order valence-corrected chi connectivity index (χ1v) is 10.9. The third-order valence-corrected chi connectivity index (χ3v) is 5.41. The van der Waals surface area contributed by atoms with Crippen molar-refractivity contribution in [2.24, 2.45) is 0 Å². The van der Waals surface area contributed by atoms with Gasteiger partial charge in [0.25, 0.3) is 0 Å². The first-order valence-electron chi connectivity index (χ1n) is 10.9. The molecular formula is C28H28F2N2O. The van der Waals surface area contributed by atoms with Crippen molar-refractivity contribution >= 4 is 11.5 Å². The van der Waals surface area contributed by atoms with Gasteiger partial charge in [-0.25, -0.2) is 8.78 Å². The summed E-state index contributed by atoms with van der Waals surface area (Å²) < 4.78 is 24.7. The standard InChI is InChI=1S/C20H20N2O.C8H8F2/c1-14(18-8-3-4-9-20(18)23)10-11-16-6-5-7-17(13-16)19-12-15(2)21-22-19;1-2-6-3-4-7(9)8(10)5-6/h3-8,12-13,21-22H,1-2,9-11H2;3-5H,2H2,1H3. The Labute approximate surface area is 193 Å². The summed E-state index contributed by atoms with van der Waals surface area (Å²) in [5.41, 5.74) is 12.8. The van der Waals surface area contributed by atoms with Gasteiger partial charge in [0.1, 0.15) is 0 Å². The maximum Gasteiger partial charge on any atom is 0.166 e. The lowest BCUT2D eigenvalue weighted by atomic mass is 9.92. The van der Waals surface area contributed by atoms with E-state index in [2.05, 4.69) is 42.2 Å². The van der Waals surface area contributed by atoms with Gasteiger partial charge in [-0.05, 0) is 65.8 Å². The SMILES string of the molecule is C=C1C=C(c2cccc(CCC(=C)C3=CC=CCC3=O)c2)NN1.CCc1ccc(F)c(F)c1. The maximum absolute atomic E-state index is 12.4. The van der Waals surface area contributed by atoms with Gasteiger partial charge in [-0.3, -0.25) is 4.79 Å². The number of benzene rings is 2. The normalized spacial score (nSPS) is 14.5. The number of Topliss-reactive ketones (excluding diaryl/α,β-unsaturated/α-hetero) is 1. The Bertz CT molecular complexity index is 1160. The second-order valence-electron chi connectivity index (χ2n) is 7.87. The molecule has 1 aliphatic heterocycles. The fourth-order valence-electron chi connectivity index (χ4n) is 3.49. The van der Waals surface area contributed by atoms with E-state index in [0.717, 1.165) is 59.0 Å². The molecule has 0 radical (unpaired) electrons. The average molecular weight is 447 g/mol. The van der Waals surface area contributed by atoms with Gasteiger partial charge in [0.05, 0.1) is 5.70 Å². The van der Waals surface area contributed by atoms with Crippen LogP contribution in [0.5, 0.6) is 0 Å². The fourth-order valence-corrected chi connectivity index (χ4v) is 3.49. The molecule has 0 unspecified atom stereocenters. The van der Waals surface area contributed by atoms with Gasteiger partial charge < -0.3 is 10.9 Å². The molecule has 1 heterocycles. The van der Waals surface area contributed by atoms with Crippen LogP contribution in [0.2, 0.25) is 0 Å². The number of hydrogen-bond donors (Lipinski definition) is 2. The molecule has 4 rings (SSSR count). The van der Waals surface area contributed by atoms with E-state index in [1.807, 2.05) is 37.3 Å². The summed E-state index contributed by atoms with van der Waals surface area (Å²) in [6, 6.07) is 12.3. The molecule has 2 aromatic carbocycles. The zero-order valence-electron chi connectivity index (χ0n) is 18.8. The van der Waals surface area contributed by atoms with Crippen LogP contribution in [0.3, 0.4) is 0 Å². The molecule has 2 aromatic rings. The van der Waals surface area contributed by atoms with Crippen LogP contribution in [-0.2, 0) is 17.6 Å². The van der Waals surface area contributed by atoms with Crippen molar-refractivity contribution in [2.45, 2.75) is 32.6 Å². The number of carbonyl (C=O) groups excluding carboxylic acids is 1. The highest BCUT2D eigenvalue weighted by atomic mass is 19.2. The monoisotopic (exact) mass is 446 g/mol. The summed E-state index contributed by atoms with van der Waals surface area (Å²) >= 11 is 0. The summed E-state index contributed by atoms with van der Waals surface area (Å²) in [6.07, 6.45) is 10.5. The quantitative estimate of drug-likeness (QED) is 0.562. The molecule has 0 atom stereocenters. The number of ketones is 1. The second kappa shape index (κ2) is 11.2. The topological polar surface area (TPSA) is 41.1 Å². The molecule has 0 amide bonds. The highest BCUT2D eigenvalue weighted by molar-refractivity contribution is 6.01. The van der Waals surface area contributed by atoms with Crippen molar-refractivity contribution in [1.29, 1.82) is 0 Å². The highest BCUT2D eigenvalue weighted by Crippen LogP contribution is 2.22. The molecule has 0 saturated carbocycles. The second-order valence-corrected chi connectivity index (χ2v) is 7.87. The minimum absolute atomic E-state index is 0.163. The predicted octanol–water partition coefficient (Wildman–Crippen LogP) is 6.12. The van der Waals surface area contributed by atoms with Crippen molar-refractivity contribution in [3.8, 4) is 0 Å². The van der Waals surface area contributed by atoms with Crippen LogP contribution in [0.4, 0.5) is 8.78 Å². The lowest BCUT2D eigenvalue weighted by Gasteiger charge is -2.12. The Hall–Kier alpha value is -3.73. The smallest absolute Gasteiger partial charge is 0.166 e. The van der Waals surface area contributed by atoms with Crippen LogP contribution >= 0.6 is 0 Å². The zero-order chi connectivity index (χ0) is 23.8. The minimum atomic E-state index is -0.780. The Morgan fingerprint density at radius 2 is 1.88 bits per heavy atom. The Balaban J connectivity index is 0.000000257.